The van der Waals surface area contributed by atoms with Crippen molar-refractivity contribution in [2.24, 2.45) is 0 Å². The Labute approximate surface area is 181 Å². The molecule has 9 nitrogen and oxygen atoms in total. The topological polar surface area (TPSA) is 110 Å². The first kappa shape index (κ1) is 21.4. The maximum absolute atomic E-state index is 14.7. The normalized spacial score (nSPS) is 11.1. The number of anilines is 1. The van der Waals surface area contributed by atoms with Gasteiger partial charge < -0.3 is 19.9 Å². The summed E-state index contributed by atoms with van der Waals surface area (Å²) in [5, 5.41) is 4.47. The summed E-state index contributed by atoms with van der Waals surface area (Å²) >= 11 is 0. The molecule has 0 fully saturated rings. The zero-order valence-corrected chi connectivity index (χ0v) is 17.4. The molecule has 2 N–H and O–H groups in total. The minimum atomic E-state index is -0.753. The highest BCUT2D eigenvalue weighted by molar-refractivity contribution is 5.88. The molecule has 3 heterocycles. The Morgan fingerprint density at radius 3 is 2.56 bits per heavy atom. The molecule has 0 unspecified atom stereocenters. The minimum Gasteiger partial charge on any atom is -0.491 e. The molecule has 4 aromatic rings. The second-order valence-electron chi connectivity index (χ2n) is 6.73. The molecule has 3 aromatic heterocycles. The van der Waals surface area contributed by atoms with Gasteiger partial charge in [0.2, 0.25) is 0 Å². The van der Waals surface area contributed by atoms with Gasteiger partial charge in [0.15, 0.2) is 23.1 Å². The number of halogens is 2. The van der Waals surface area contributed by atoms with Gasteiger partial charge in [-0.15, -0.1) is 0 Å². The fourth-order valence-electron chi connectivity index (χ4n) is 3.14. The first-order chi connectivity index (χ1) is 15.5. The van der Waals surface area contributed by atoms with Crippen LogP contribution in [0.15, 0.2) is 36.7 Å². The summed E-state index contributed by atoms with van der Waals surface area (Å²) in [5.41, 5.74) is 7.08. The van der Waals surface area contributed by atoms with E-state index in [0.717, 1.165) is 12.1 Å². The number of nitrogens with zero attached hydrogens (tertiary/aromatic N) is 5. The van der Waals surface area contributed by atoms with E-state index < -0.39 is 11.6 Å². The molecule has 4 rings (SSSR count). The van der Waals surface area contributed by atoms with Crippen molar-refractivity contribution >= 4 is 16.9 Å². The van der Waals surface area contributed by atoms with Gasteiger partial charge in [-0.25, -0.2) is 18.7 Å². The highest BCUT2D eigenvalue weighted by atomic mass is 19.1. The molecule has 0 bridgehead atoms. The minimum absolute atomic E-state index is 0.0792. The summed E-state index contributed by atoms with van der Waals surface area (Å²) in [6.45, 7) is 0.306. The summed E-state index contributed by atoms with van der Waals surface area (Å²) < 4.78 is 46.1. The van der Waals surface area contributed by atoms with Crippen LogP contribution in [0, 0.1) is 11.6 Å². The Kier molecular flexibility index (Phi) is 6.08. The zero-order valence-electron chi connectivity index (χ0n) is 17.4. The predicted molar refractivity (Wildman–Crippen MR) is 112 cm³/mol. The number of hydrogen-bond donors (Lipinski definition) is 1. The zero-order chi connectivity index (χ0) is 22.7. The molecule has 0 aliphatic rings. The van der Waals surface area contributed by atoms with E-state index in [1.54, 1.807) is 18.3 Å². The number of nitrogen functional groups attached to an aromatic ring is 1. The van der Waals surface area contributed by atoms with Crippen LogP contribution in [0.1, 0.15) is 5.56 Å². The Morgan fingerprint density at radius 2 is 1.88 bits per heavy atom. The number of nitrogens with two attached hydrogens (primary N) is 1. The lowest BCUT2D eigenvalue weighted by Gasteiger charge is -2.10. The Bertz CT molecular complexity index is 1240. The van der Waals surface area contributed by atoms with Crippen molar-refractivity contribution < 1.29 is 23.0 Å². The summed E-state index contributed by atoms with van der Waals surface area (Å²) in [4.78, 5) is 12.8. The quantitative estimate of drug-likeness (QED) is 0.415. The van der Waals surface area contributed by atoms with E-state index in [1.165, 1.54) is 25.1 Å². The molecular weight excluding hydrogens is 422 g/mol. The summed E-state index contributed by atoms with van der Waals surface area (Å²) in [5.74, 6) is -0.753. The number of rotatable bonds is 8. The van der Waals surface area contributed by atoms with Gasteiger partial charge in [-0.05, 0) is 12.1 Å². The molecule has 1 aromatic carbocycles. The van der Waals surface area contributed by atoms with Gasteiger partial charge in [-0.1, -0.05) is 0 Å². The highest BCUT2D eigenvalue weighted by Gasteiger charge is 2.20. The molecule has 0 amide bonds. The number of pyridine rings is 1. The fourth-order valence-corrected chi connectivity index (χ4v) is 3.14. The Morgan fingerprint density at radius 1 is 1.09 bits per heavy atom. The molecule has 166 valence electrons. The van der Waals surface area contributed by atoms with Gasteiger partial charge >= 0.3 is 0 Å². The molecule has 32 heavy (non-hydrogen) atoms. The van der Waals surface area contributed by atoms with Gasteiger partial charge in [-0.3, -0.25) is 9.67 Å². The van der Waals surface area contributed by atoms with E-state index >= 15 is 0 Å². The number of aromatic nitrogens is 5. The summed E-state index contributed by atoms with van der Waals surface area (Å²) in [6.07, 6.45) is 3.01. The Balaban J connectivity index is 1.71. The first-order valence-electron chi connectivity index (χ1n) is 9.60. The largest absolute Gasteiger partial charge is 0.491 e. The number of ether oxygens (including phenoxy) is 3. The van der Waals surface area contributed by atoms with Crippen LogP contribution in [0.5, 0.6) is 11.5 Å². The lowest BCUT2D eigenvalue weighted by atomic mass is 10.2. The van der Waals surface area contributed by atoms with Crippen LogP contribution in [-0.2, 0) is 11.3 Å². The molecule has 0 radical (unpaired) electrons. The van der Waals surface area contributed by atoms with E-state index in [-0.39, 0.29) is 36.1 Å². The smallest absolute Gasteiger partial charge is 0.184 e. The molecule has 0 aliphatic heterocycles. The van der Waals surface area contributed by atoms with Crippen LogP contribution in [-0.4, -0.2) is 52.2 Å². The molecule has 0 atom stereocenters. The SMILES string of the molecule is COCCOc1cc(F)c(Cn2nc(-c3ncc(OC)c(N)n3)c3ncccc32)c(F)c1. The highest BCUT2D eigenvalue weighted by Crippen LogP contribution is 2.28. The third-order valence-corrected chi connectivity index (χ3v) is 4.70. The number of benzene rings is 1. The molecule has 0 spiro atoms. The summed E-state index contributed by atoms with van der Waals surface area (Å²) in [7, 11) is 2.97. The lowest BCUT2D eigenvalue weighted by Crippen LogP contribution is -2.09. The van der Waals surface area contributed by atoms with Crippen LogP contribution in [0.25, 0.3) is 22.6 Å². The second kappa shape index (κ2) is 9.10. The van der Waals surface area contributed by atoms with Gasteiger partial charge in [0.25, 0.3) is 0 Å². The van der Waals surface area contributed by atoms with Gasteiger partial charge in [0.1, 0.15) is 29.5 Å². The van der Waals surface area contributed by atoms with E-state index in [4.69, 9.17) is 19.9 Å². The van der Waals surface area contributed by atoms with Crippen molar-refractivity contribution in [2.45, 2.75) is 6.54 Å². The van der Waals surface area contributed by atoms with Crippen LogP contribution in [0.2, 0.25) is 0 Å². The number of hydrogen-bond acceptors (Lipinski definition) is 8. The van der Waals surface area contributed by atoms with Crippen molar-refractivity contribution in [2.75, 3.05) is 33.2 Å². The maximum atomic E-state index is 14.7. The van der Waals surface area contributed by atoms with Crippen LogP contribution >= 0.6 is 0 Å². The monoisotopic (exact) mass is 442 g/mol. The summed E-state index contributed by atoms with van der Waals surface area (Å²) in [6, 6.07) is 5.70. The van der Waals surface area contributed by atoms with Crippen LogP contribution in [0.4, 0.5) is 14.6 Å². The molecule has 0 saturated heterocycles. The van der Waals surface area contributed by atoms with E-state index in [0.29, 0.717) is 29.1 Å². The fraction of sp³-hybridized carbons (Fsp3) is 0.238. The third kappa shape index (κ3) is 4.14. The molecular formula is C21H20F2N6O3. The van der Waals surface area contributed by atoms with Gasteiger partial charge in [0.05, 0.1) is 32.0 Å². The van der Waals surface area contributed by atoms with Crippen LogP contribution in [0.3, 0.4) is 0 Å². The second-order valence-corrected chi connectivity index (χ2v) is 6.73. The van der Waals surface area contributed by atoms with Crippen molar-refractivity contribution in [3.8, 4) is 23.0 Å². The van der Waals surface area contributed by atoms with E-state index in [2.05, 4.69) is 20.1 Å². The maximum Gasteiger partial charge on any atom is 0.184 e. The average molecular weight is 442 g/mol. The van der Waals surface area contributed by atoms with Gasteiger partial charge in [-0.2, -0.15) is 5.10 Å². The molecule has 0 saturated carbocycles. The number of fused-ring (bicyclic) bond motifs is 1. The van der Waals surface area contributed by atoms with Crippen LogP contribution < -0.4 is 15.2 Å². The molecule has 0 aliphatic carbocycles. The van der Waals surface area contributed by atoms with Crippen molar-refractivity contribution in [3.63, 3.8) is 0 Å². The van der Waals surface area contributed by atoms with Crippen molar-refractivity contribution in [1.82, 2.24) is 24.7 Å². The molecule has 11 heteroatoms. The van der Waals surface area contributed by atoms with Gasteiger partial charge in [0, 0.05) is 31.0 Å². The number of methoxy groups -OCH3 is 2. The average Bonchev–Trinajstić information content (AvgIpc) is 3.15. The first-order valence-corrected chi connectivity index (χ1v) is 9.60. The van der Waals surface area contributed by atoms with E-state index in [1.807, 2.05) is 0 Å². The van der Waals surface area contributed by atoms with Crippen molar-refractivity contribution in [1.29, 1.82) is 0 Å². The van der Waals surface area contributed by atoms with Crippen molar-refractivity contribution in [3.05, 3.63) is 53.9 Å². The lowest BCUT2D eigenvalue weighted by molar-refractivity contribution is 0.146. The Hall–Kier alpha value is -3.86. The standard InChI is InChI=1S/C21H20F2N6O3/c1-30-6-7-32-12-8-14(22)13(15(23)9-12)11-29-16-4-3-5-25-18(16)19(28-29)21-26-10-17(31-2)20(24)27-21/h3-5,8-10H,6-7,11H2,1-2H3,(H2,24,26,27). The predicted octanol–water partition coefficient (Wildman–Crippen LogP) is 2.83. The van der Waals surface area contributed by atoms with E-state index in [9.17, 15) is 8.78 Å². The third-order valence-electron chi connectivity index (χ3n) is 4.70.